The molecule has 4 fully saturated rings. The summed E-state index contributed by atoms with van der Waals surface area (Å²) < 4.78 is 0. The van der Waals surface area contributed by atoms with Crippen molar-refractivity contribution in [3.63, 3.8) is 0 Å². The van der Waals surface area contributed by atoms with Crippen LogP contribution in [0, 0.1) is 5.92 Å². The largest absolute Gasteiger partial charge is 0.314 e. The molecule has 6 heteroatoms. The highest BCUT2D eigenvalue weighted by Crippen LogP contribution is 2.28. The van der Waals surface area contributed by atoms with Crippen LogP contribution in [-0.2, 0) is 0 Å². The Kier molecular flexibility index (Phi) is 6.36. The van der Waals surface area contributed by atoms with Crippen LogP contribution in [0.1, 0.15) is 38.5 Å². The van der Waals surface area contributed by atoms with Crippen LogP contribution in [0.15, 0.2) is 0 Å². The zero-order valence-electron chi connectivity index (χ0n) is 14.9. The van der Waals surface area contributed by atoms with E-state index in [9.17, 15) is 0 Å². The highest BCUT2D eigenvalue weighted by molar-refractivity contribution is 8.00. The van der Waals surface area contributed by atoms with E-state index in [0.717, 1.165) is 19.0 Å². The molecule has 0 aromatic rings. The first kappa shape index (κ1) is 17.6. The Morgan fingerprint density at radius 2 is 1.92 bits per heavy atom. The predicted molar refractivity (Wildman–Crippen MR) is 102 cm³/mol. The van der Waals surface area contributed by atoms with E-state index in [1.54, 1.807) is 0 Å². The van der Waals surface area contributed by atoms with E-state index in [-0.39, 0.29) is 0 Å². The predicted octanol–water partition coefficient (Wildman–Crippen LogP) is 0.781. The number of hydrogen-bond donors (Lipinski definition) is 4. The fourth-order valence-corrected chi connectivity index (χ4v) is 6.16. The standard InChI is InChI=1S/C18H35N5S/c1-4-15-11-19-12-16-18(21-8-10-24-16)23-9-6-14(13-23)3-2-7-20-17(5-1)22-15/h14-22H,1-13H2. The van der Waals surface area contributed by atoms with Crippen molar-refractivity contribution in [1.29, 1.82) is 0 Å². The van der Waals surface area contributed by atoms with Crippen LogP contribution in [0.3, 0.4) is 0 Å². The van der Waals surface area contributed by atoms with E-state index in [0.29, 0.717) is 23.6 Å². The number of piperidine rings is 1. The summed E-state index contributed by atoms with van der Waals surface area (Å²) in [7, 11) is 0. The summed E-state index contributed by atoms with van der Waals surface area (Å²) in [5.74, 6) is 2.17. The molecule has 0 saturated carbocycles. The minimum Gasteiger partial charge on any atom is -0.314 e. The van der Waals surface area contributed by atoms with E-state index in [2.05, 4.69) is 37.9 Å². The van der Waals surface area contributed by atoms with Crippen molar-refractivity contribution < 1.29 is 0 Å². The normalized spacial score (nSPS) is 45.0. The zero-order chi connectivity index (χ0) is 16.2. The van der Waals surface area contributed by atoms with Gasteiger partial charge in [0.15, 0.2) is 0 Å². The van der Waals surface area contributed by atoms with Gasteiger partial charge in [-0.1, -0.05) is 0 Å². The van der Waals surface area contributed by atoms with Crippen LogP contribution in [-0.4, -0.2) is 73.5 Å². The van der Waals surface area contributed by atoms with E-state index >= 15 is 0 Å². The Hall–Kier alpha value is 0.150. The maximum absolute atomic E-state index is 3.82. The number of rotatable bonds is 0. The molecular weight excluding hydrogens is 318 g/mol. The molecule has 0 radical (unpaired) electrons. The third kappa shape index (κ3) is 4.46. The maximum Gasteiger partial charge on any atom is 0.0732 e. The van der Waals surface area contributed by atoms with Crippen LogP contribution in [0.5, 0.6) is 0 Å². The molecule has 4 aliphatic rings. The van der Waals surface area contributed by atoms with Gasteiger partial charge in [0, 0.05) is 43.2 Å². The van der Waals surface area contributed by atoms with Gasteiger partial charge in [0.05, 0.1) is 12.3 Å². The Morgan fingerprint density at radius 3 is 2.92 bits per heavy atom. The minimum atomic E-state index is 0.536. The number of thioether (sulfide) groups is 1. The highest BCUT2D eigenvalue weighted by atomic mass is 32.2. The van der Waals surface area contributed by atoms with Crippen molar-refractivity contribution in [2.45, 2.75) is 62.1 Å². The molecule has 0 aromatic carbocycles. The van der Waals surface area contributed by atoms with E-state index in [1.165, 1.54) is 70.5 Å². The molecule has 0 amide bonds. The van der Waals surface area contributed by atoms with Gasteiger partial charge in [0.1, 0.15) is 0 Å². The lowest BCUT2D eigenvalue weighted by Crippen LogP contribution is -2.58. The number of hydrogen-bond acceptors (Lipinski definition) is 6. The van der Waals surface area contributed by atoms with Gasteiger partial charge in [-0.25, -0.2) is 0 Å². The highest BCUT2D eigenvalue weighted by Gasteiger charge is 2.34. The number of nitrogens with one attached hydrogen (secondary N) is 4. The first-order chi connectivity index (χ1) is 11.9. The van der Waals surface area contributed by atoms with Crippen molar-refractivity contribution in [3.8, 4) is 0 Å². The van der Waals surface area contributed by atoms with Gasteiger partial charge in [0.25, 0.3) is 0 Å². The van der Waals surface area contributed by atoms with Crippen LogP contribution in [0.4, 0.5) is 0 Å². The van der Waals surface area contributed by atoms with Crippen LogP contribution < -0.4 is 21.3 Å². The fourth-order valence-electron chi connectivity index (χ4n) is 4.93. The Labute approximate surface area is 151 Å². The number of fused-ring (bicyclic) bond motifs is 6. The average Bonchev–Trinajstić information content (AvgIpc) is 3.08. The average molecular weight is 354 g/mol. The van der Waals surface area contributed by atoms with Crippen LogP contribution in [0.2, 0.25) is 0 Å². The van der Waals surface area contributed by atoms with E-state index < -0.39 is 0 Å². The SMILES string of the molecule is C1CNC2CCCC(CNCC3SCCNC3N3CCC(C1)C3)N2. The molecule has 4 saturated heterocycles. The first-order valence-electron chi connectivity index (χ1n) is 10.2. The molecule has 5 nitrogen and oxygen atoms in total. The van der Waals surface area contributed by atoms with Gasteiger partial charge in [-0.2, -0.15) is 11.8 Å². The topological polar surface area (TPSA) is 51.4 Å². The van der Waals surface area contributed by atoms with Crippen LogP contribution >= 0.6 is 11.8 Å². The Bertz CT molecular complexity index is 396. The zero-order valence-corrected chi connectivity index (χ0v) is 15.8. The lowest BCUT2D eigenvalue weighted by molar-refractivity contribution is 0.187. The molecule has 0 spiro atoms. The molecule has 6 atom stereocenters. The van der Waals surface area contributed by atoms with Crippen molar-refractivity contribution in [2.24, 2.45) is 5.92 Å². The molecule has 0 aliphatic carbocycles. The third-order valence-corrected chi connectivity index (χ3v) is 7.54. The molecule has 24 heavy (non-hydrogen) atoms. The quantitative estimate of drug-likeness (QED) is 0.516. The molecule has 4 bridgehead atoms. The Balaban J connectivity index is 1.40. The second-order valence-corrected chi connectivity index (χ2v) is 9.41. The van der Waals surface area contributed by atoms with E-state index in [4.69, 9.17) is 0 Å². The third-order valence-electron chi connectivity index (χ3n) is 6.25. The summed E-state index contributed by atoms with van der Waals surface area (Å²) >= 11 is 2.17. The lowest BCUT2D eigenvalue weighted by Gasteiger charge is -2.39. The van der Waals surface area contributed by atoms with Crippen molar-refractivity contribution in [3.05, 3.63) is 0 Å². The van der Waals surface area contributed by atoms with Gasteiger partial charge >= 0.3 is 0 Å². The van der Waals surface area contributed by atoms with Gasteiger partial charge in [0.2, 0.25) is 0 Å². The van der Waals surface area contributed by atoms with Crippen molar-refractivity contribution >= 4 is 11.8 Å². The molecule has 4 rings (SSSR count). The second kappa shape index (κ2) is 8.69. The Morgan fingerprint density at radius 1 is 0.917 bits per heavy atom. The molecule has 4 aliphatic heterocycles. The summed E-state index contributed by atoms with van der Waals surface area (Å²) in [6.45, 7) is 7.19. The van der Waals surface area contributed by atoms with Gasteiger partial charge < -0.3 is 10.6 Å². The van der Waals surface area contributed by atoms with E-state index in [1.807, 2.05) is 0 Å². The van der Waals surface area contributed by atoms with Gasteiger partial charge in [-0.05, 0) is 57.5 Å². The van der Waals surface area contributed by atoms with Gasteiger partial charge in [-0.15, -0.1) is 0 Å². The summed E-state index contributed by atoms with van der Waals surface area (Å²) in [6, 6.07) is 0.637. The molecule has 6 unspecified atom stereocenters. The van der Waals surface area contributed by atoms with Gasteiger partial charge in [-0.3, -0.25) is 15.5 Å². The van der Waals surface area contributed by atoms with Crippen molar-refractivity contribution in [1.82, 2.24) is 26.2 Å². The van der Waals surface area contributed by atoms with Crippen molar-refractivity contribution in [2.75, 3.05) is 45.0 Å². The van der Waals surface area contributed by atoms with Crippen LogP contribution in [0.25, 0.3) is 0 Å². The summed E-state index contributed by atoms with van der Waals surface area (Å²) in [6.07, 6.45) is 9.20. The monoisotopic (exact) mass is 353 g/mol. The summed E-state index contributed by atoms with van der Waals surface area (Å²) in [4.78, 5) is 2.74. The smallest absolute Gasteiger partial charge is 0.0732 e. The summed E-state index contributed by atoms with van der Waals surface area (Å²) in [5.41, 5.74) is 0. The maximum atomic E-state index is 3.82. The fraction of sp³-hybridized carbons (Fsp3) is 1.00. The number of nitrogens with zero attached hydrogens (tertiary/aromatic N) is 1. The second-order valence-electron chi connectivity index (χ2n) is 8.06. The molecule has 138 valence electrons. The molecule has 4 heterocycles. The first-order valence-corrected chi connectivity index (χ1v) is 11.2. The molecule has 4 N–H and O–H groups in total. The molecular formula is C18H35N5S. The lowest BCUT2D eigenvalue weighted by atomic mass is 10.0. The minimum absolute atomic E-state index is 0.536. The molecule has 0 aromatic heterocycles. The summed E-state index contributed by atoms with van der Waals surface area (Å²) in [5, 5.41) is 15.9.